The second-order valence-electron chi connectivity index (χ2n) is 6.05. The van der Waals surface area contributed by atoms with Crippen LogP contribution in [0.5, 0.6) is 0 Å². The Balaban J connectivity index is 1.90. The molecule has 2 N–H and O–H groups in total. The van der Waals surface area contributed by atoms with Crippen LogP contribution in [0, 0.1) is 11.6 Å². The molecule has 1 aliphatic rings. The van der Waals surface area contributed by atoms with Gasteiger partial charge in [-0.3, -0.25) is 9.79 Å². The number of nitrogens with zero attached hydrogens (tertiary/aromatic N) is 2. The second-order valence-corrected chi connectivity index (χ2v) is 6.05. The Kier molecular flexibility index (Phi) is 7.16. The van der Waals surface area contributed by atoms with E-state index in [9.17, 15) is 13.6 Å². The summed E-state index contributed by atoms with van der Waals surface area (Å²) < 4.78 is 26.9. The predicted octanol–water partition coefficient (Wildman–Crippen LogP) is 2.07. The van der Waals surface area contributed by atoms with Crippen molar-refractivity contribution in [2.75, 3.05) is 26.2 Å². The van der Waals surface area contributed by atoms with Gasteiger partial charge in [-0.1, -0.05) is 19.1 Å². The van der Waals surface area contributed by atoms with E-state index in [2.05, 4.69) is 15.6 Å². The number of benzene rings is 1. The van der Waals surface area contributed by atoms with Crippen LogP contribution in [-0.4, -0.2) is 49.0 Å². The quantitative estimate of drug-likeness (QED) is 0.609. The molecule has 0 bridgehead atoms. The van der Waals surface area contributed by atoms with Crippen LogP contribution < -0.4 is 10.6 Å². The maximum atomic E-state index is 13.7. The van der Waals surface area contributed by atoms with Crippen molar-refractivity contribution in [2.45, 2.75) is 39.2 Å². The van der Waals surface area contributed by atoms with Gasteiger partial charge < -0.3 is 15.5 Å². The fourth-order valence-corrected chi connectivity index (χ4v) is 2.87. The minimum absolute atomic E-state index is 0.152. The third-order valence-corrected chi connectivity index (χ3v) is 4.21. The molecular weight excluding hydrogens is 326 g/mol. The molecule has 1 amide bonds. The lowest BCUT2D eigenvalue weighted by Gasteiger charge is -2.18. The largest absolute Gasteiger partial charge is 0.357 e. The Bertz CT molecular complexity index is 621. The van der Waals surface area contributed by atoms with Crippen molar-refractivity contribution in [3.63, 3.8) is 0 Å². The number of amides is 1. The Hall–Kier alpha value is -2.18. The lowest BCUT2D eigenvalue weighted by molar-refractivity contribution is -0.129. The summed E-state index contributed by atoms with van der Waals surface area (Å²) in [6.45, 7) is 6.28. The van der Waals surface area contributed by atoms with Crippen molar-refractivity contribution in [2.24, 2.45) is 4.99 Å². The van der Waals surface area contributed by atoms with E-state index in [1.165, 1.54) is 6.07 Å². The van der Waals surface area contributed by atoms with Crippen LogP contribution in [0.15, 0.2) is 23.2 Å². The third-order valence-electron chi connectivity index (χ3n) is 4.21. The Morgan fingerprint density at radius 1 is 1.36 bits per heavy atom. The van der Waals surface area contributed by atoms with Gasteiger partial charge in [-0.25, -0.2) is 8.78 Å². The van der Waals surface area contributed by atoms with Gasteiger partial charge >= 0.3 is 0 Å². The number of guanidine groups is 1. The fraction of sp³-hybridized carbons (Fsp3) is 0.556. The number of carbonyl (C=O) groups is 1. The van der Waals surface area contributed by atoms with Gasteiger partial charge in [0.25, 0.3) is 0 Å². The molecule has 1 fully saturated rings. The van der Waals surface area contributed by atoms with E-state index in [0.29, 0.717) is 44.0 Å². The standard InChI is InChI=1S/C18H26F2N4O/c1-3-16(25)24-11-9-14(12-24)23-18(21-4-2)22-10-8-13-6-5-7-15(19)17(13)20/h5-7,14H,3-4,8-12H2,1-2H3,(H2,21,22,23). The molecule has 2 rings (SSSR count). The van der Waals surface area contributed by atoms with E-state index in [-0.39, 0.29) is 11.9 Å². The highest BCUT2D eigenvalue weighted by atomic mass is 19.2. The Morgan fingerprint density at radius 3 is 2.88 bits per heavy atom. The van der Waals surface area contributed by atoms with Gasteiger partial charge in [0.2, 0.25) is 5.91 Å². The molecule has 1 aliphatic heterocycles. The molecule has 5 nitrogen and oxygen atoms in total. The van der Waals surface area contributed by atoms with Gasteiger partial charge in [0, 0.05) is 38.6 Å². The molecule has 25 heavy (non-hydrogen) atoms. The van der Waals surface area contributed by atoms with Crippen molar-refractivity contribution < 1.29 is 13.6 Å². The first-order chi connectivity index (χ1) is 12.0. The van der Waals surface area contributed by atoms with Crippen LogP contribution in [-0.2, 0) is 11.2 Å². The van der Waals surface area contributed by atoms with Crippen molar-refractivity contribution in [1.82, 2.24) is 15.5 Å². The molecule has 1 atom stereocenters. The summed E-state index contributed by atoms with van der Waals surface area (Å²) in [6, 6.07) is 4.33. The number of nitrogens with one attached hydrogen (secondary N) is 2. The molecule has 0 saturated carbocycles. The van der Waals surface area contributed by atoms with E-state index in [1.807, 2.05) is 18.7 Å². The minimum Gasteiger partial charge on any atom is -0.357 e. The van der Waals surface area contributed by atoms with Gasteiger partial charge in [0.05, 0.1) is 0 Å². The average molecular weight is 352 g/mol. The summed E-state index contributed by atoms with van der Waals surface area (Å²) in [4.78, 5) is 18.0. The molecule has 7 heteroatoms. The topological polar surface area (TPSA) is 56.7 Å². The third kappa shape index (κ3) is 5.41. The monoisotopic (exact) mass is 352 g/mol. The van der Waals surface area contributed by atoms with Gasteiger partial charge in [0.15, 0.2) is 17.6 Å². The molecule has 1 unspecified atom stereocenters. The summed E-state index contributed by atoms with van der Waals surface area (Å²) in [5, 5.41) is 6.46. The predicted molar refractivity (Wildman–Crippen MR) is 94.5 cm³/mol. The lowest BCUT2D eigenvalue weighted by atomic mass is 10.1. The number of hydrogen-bond acceptors (Lipinski definition) is 2. The second kappa shape index (κ2) is 9.34. The SMILES string of the molecule is CCNC(=NCCc1cccc(F)c1F)NC1CCN(C(=O)CC)C1. The van der Waals surface area contributed by atoms with Gasteiger partial charge in [-0.05, 0) is 31.4 Å². The zero-order chi connectivity index (χ0) is 18.2. The molecule has 1 heterocycles. The van der Waals surface area contributed by atoms with E-state index >= 15 is 0 Å². The number of hydrogen-bond donors (Lipinski definition) is 2. The van der Waals surface area contributed by atoms with Crippen molar-refractivity contribution in [3.8, 4) is 0 Å². The maximum absolute atomic E-state index is 13.7. The summed E-state index contributed by atoms with van der Waals surface area (Å²) in [7, 11) is 0. The van der Waals surface area contributed by atoms with Gasteiger partial charge in [-0.15, -0.1) is 0 Å². The summed E-state index contributed by atoms with van der Waals surface area (Å²) in [5.41, 5.74) is 0.320. The Morgan fingerprint density at radius 2 is 2.16 bits per heavy atom. The van der Waals surface area contributed by atoms with E-state index in [0.717, 1.165) is 19.0 Å². The molecule has 0 spiro atoms. The van der Waals surface area contributed by atoms with Gasteiger partial charge in [0.1, 0.15) is 0 Å². The van der Waals surface area contributed by atoms with Crippen molar-refractivity contribution in [3.05, 3.63) is 35.4 Å². The maximum Gasteiger partial charge on any atom is 0.222 e. The lowest BCUT2D eigenvalue weighted by Crippen LogP contribution is -2.45. The summed E-state index contributed by atoms with van der Waals surface area (Å²) in [6.07, 6.45) is 1.71. The highest BCUT2D eigenvalue weighted by Crippen LogP contribution is 2.12. The molecule has 1 aromatic rings. The highest BCUT2D eigenvalue weighted by molar-refractivity contribution is 5.80. The molecule has 0 aliphatic carbocycles. The number of carbonyl (C=O) groups excluding carboxylic acids is 1. The van der Waals surface area contributed by atoms with Crippen LogP contribution in [0.25, 0.3) is 0 Å². The van der Waals surface area contributed by atoms with E-state index < -0.39 is 11.6 Å². The van der Waals surface area contributed by atoms with Crippen LogP contribution in [0.3, 0.4) is 0 Å². The van der Waals surface area contributed by atoms with Crippen molar-refractivity contribution in [1.29, 1.82) is 0 Å². The highest BCUT2D eigenvalue weighted by Gasteiger charge is 2.25. The average Bonchev–Trinajstić information content (AvgIpc) is 3.06. The fourth-order valence-electron chi connectivity index (χ4n) is 2.87. The molecule has 0 radical (unpaired) electrons. The molecule has 138 valence electrons. The first-order valence-corrected chi connectivity index (χ1v) is 8.80. The molecule has 1 aromatic carbocycles. The molecular formula is C18H26F2N4O. The van der Waals surface area contributed by atoms with Gasteiger partial charge in [-0.2, -0.15) is 0 Å². The zero-order valence-electron chi connectivity index (χ0n) is 14.8. The molecule has 0 aromatic heterocycles. The smallest absolute Gasteiger partial charge is 0.222 e. The number of halogens is 2. The summed E-state index contributed by atoms with van der Waals surface area (Å²) >= 11 is 0. The first kappa shape index (κ1) is 19.1. The van der Waals surface area contributed by atoms with E-state index in [4.69, 9.17) is 0 Å². The normalized spacial score (nSPS) is 17.7. The van der Waals surface area contributed by atoms with Crippen LogP contribution >= 0.6 is 0 Å². The summed E-state index contributed by atoms with van der Waals surface area (Å²) in [5.74, 6) is -0.846. The van der Waals surface area contributed by atoms with Crippen LogP contribution in [0.2, 0.25) is 0 Å². The first-order valence-electron chi connectivity index (χ1n) is 8.80. The molecule has 1 saturated heterocycles. The van der Waals surface area contributed by atoms with Crippen molar-refractivity contribution >= 4 is 11.9 Å². The Labute approximate surface area is 147 Å². The number of aliphatic imine (C=N–C) groups is 1. The number of rotatable bonds is 6. The minimum atomic E-state index is -0.835. The number of likely N-dealkylation sites (tertiary alicyclic amines) is 1. The zero-order valence-corrected chi connectivity index (χ0v) is 14.8. The van der Waals surface area contributed by atoms with Crippen LogP contribution in [0.1, 0.15) is 32.3 Å². The van der Waals surface area contributed by atoms with E-state index in [1.54, 1.807) is 6.07 Å². The van der Waals surface area contributed by atoms with Crippen LogP contribution in [0.4, 0.5) is 8.78 Å².